The van der Waals surface area contributed by atoms with Gasteiger partial charge in [0.2, 0.25) is 0 Å². The van der Waals surface area contributed by atoms with Crippen LogP contribution in [0.4, 0.5) is 5.82 Å². The molecule has 0 spiro atoms. The highest BCUT2D eigenvalue weighted by atomic mass is 35.5. The van der Waals surface area contributed by atoms with Crippen LogP contribution in [-0.4, -0.2) is 28.6 Å². The molecule has 5 nitrogen and oxygen atoms in total. The van der Waals surface area contributed by atoms with Crippen molar-refractivity contribution in [3.8, 4) is 0 Å². The van der Waals surface area contributed by atoms with E-state index in [1.807, 2.05) is 6.92 Å². The first-order valence-electron chi connectivity index (χ1n) is 5.86. The number of aromatic nitrogens is 2. The van der Waals surface area contributed by atoms with Gasteiger partial charge >= 0.3 is 0 Å². The molecule has 17 heavy (non-hydrogen) atoms. The highest BCUT2D eigenvalue weighted by molar-refractivity contribution is 6.32. The first-order chi connectivity index (χ1) is 8.11. The van der Waals surface area contributed by atoms with Gasteiger partial charge in [-0.1, -0.05) is 11.6 Å². The van der Waals surface area contributed by atoms with Gasteiger partial charge in [-0.3, -0.25) is 4.79 Å². The van der Waals surface area contributed by atoms with Crippen LogP contribution in [0.1, 0.15) is 26.2 Å². The fourth-order valence-corrected chi connectivity index (χ4v) is 2.55. The van der Waals surface area contributed by atoms with Gasteiger partial charge in [-0.05, 0) is 26.2 Å². The van der Waals surface area contributed by atoms with E-state index in [4.69, 9.17) is 17.3 Å². The maximum Gasteiger partial charge on any atom is 0.271 e. The molecule has 2 unspecified atom stereocenters. The molecule has 0 saturated carbocycles. The van der Waals surface area contributed by atoms with E-state index < -0.39 is 0 Å². The molecule has 3 N–H and O–H groups in total. The van der Waals surface area contributed by atoms with Crippen LogP contribution in [0.15, 0.2) is 11.1 Å². The summed E-state index contributed by atoms with van der Waals surface area (Å²) >= 11 is 6.01. The number of piperidine rings is 1. The molecular weight excluding hydrogens is 240 g/mol. The second kappa shape index (κ2) is 5.06. The van der Waals surface area contributed by atoms with Crippen molar-refractivity contribution in [1.82, 2.24) is 9.97 Å². The van der Waals surface area contributed by atoms with Crippen LogP contribution in [0.5, 0.6) is 0 Å². The van der Waals surface area contributed by atoms with Crippen LogP contribution >= 0.6 is 11.6 Å². The second-order valence-electron chi connectivity index (χ2n) is 4.48. The fourth-order valence-electron chi connectivity index (χ4n) is 2.34. The van der Waals surface area contributed by atoms with Crippen molar-refractivity contribution in [1.29, 1.82) is 0 Å². The number of aromatic amines is 1. The standard InChI is InChI=1S/C11H17ClN4O/c1-7(13)8-4-2-3-5-16(8)10-9(12)11(17)15-6-14-10/h6-8H,2-5,13H2,1H3,(H,14,15,17). The first-order valence-corrected chi connectivity index (χ1v) is 6.24. The number of nitrogens with two attached hydrogens (primary N) is 1. The average molecular weight is 257 g/mol. The van der Waals surface area contributed by atoms with Gasteiger partial charge in [0.05, 0.1) is 6.33 Å². The van der Waals surface area contributed by atoms with Gasteiger partial charge in [-0.15, -0.1) is 0 Å². The van der Waals surface area contributed by atoms with Crippen molar-refractivity contribution in [2.75, 3.05) is 11.4 Å². The number of rotatable bonds is 2. The maximum atomic E-state index is 11.5. The molecule has 2 atom stereocenters. The van der Waals surface area contributed by atoms with Gasteiger partial charge in [-0.2, -0.15) is 0 Å². The van der Waals surface area contributed by atoms with E-state index in [-0.39, 0.29) is 22.7 Å². The van der Waals surface area contributed by atoms with Crippen LogP contribution in [-0.2, 0) is 0 Å². The van der Waals surface area contributed by atoms with E-state index in [0.29, 0.717) is 5.82 Å². The Labute approximate surface area is 105 Å². The monoisotopic (exact) mass is 256 g/mol. The Morgan fingerprint density at radius 1 is 1.65 bits per heavy atom. The maximum absolute atomic E-state index is 11.5. The molecule has 1 aliphatic rings. The Bertz CT molecular complexity index is 445. The van der Waals surface area contributed by atoms with E-state index in [1.54, 1.807) is 0 Å². The van der Waals surface area contributed by atoms with Gasteiger partial charge in [0.15, 0.2) is 5.82 Å². The Hall–Kier alpha value is -1.07. The highest BCUT2D eigenvalue weighted by Crippen LogP contribution is 2.27. The smallest absolute Gasteiger partial charge is 0.271 e. The van der Waals surface area contributed by atoms with Gasteiger partial charge in [0.1, 0.15) is 5.02 Å². The molecule has 1 saturated heterocycles. The zero-order chi connectivity index (χ0) is 12.4. The van der Waals surface area contributed by atoms with Crippen molar-refractivity contribution in [2.24, 2.45) is 5.73 Å². The average Bonchev–Trinajstić information content (AvgIpc) is 2.33. The normalized spacial score (nSPS) is 22.5. The molecule has 1 aliphatic heterocycles. The third kappa shape index (κ3) is 2.45. The van der Waals surface area contributed by atoms with Crippen LogP contribution in [0.2, 0.25) is 5.02 Å². The SMILES string of the molecule is CC(N)C1CCCCN1c1nc[nH]c(=O)c1Cl. The number of nitrogens with one attached hydrogen (secondary N) is 1. The van der Waals surface area contributed by atoms with E-state index >= 15 is 0 Å². The molecule has 0 bridgehead atoms. The van der Waals surface area contributed by atoms with E-state index in [1.165, 1.54) is 6.33 Å². The molecule has 0 aliphatic carbocycles. The summed E-state index contributed by atoms with van der Waals surface area (Å²) in [5.74, 6) is 0.553. The third-order valence-electron chi connectivity index (χ3n) is 3.21. The Kier molecular flexibility index (Phi) is 3.69. The molecule has 0 amide bonds. The number of H-pyrrole nitrogens is 1. The minimum Gasteiger partial charge on any atom is -0.351 e. The number of hydrogen-bond donors (Lipinski definition) is 2. The van der Waals surface area contributed by atoms with E-state index in [0.717, 1.165) is 25.8 Å². The lowest BCUT2D eigenvalue weighted by atomic mass is 9.97. The summed E-state index contributed by atoms with van der Waals surface area (Å²) in [6, 6.07) is 0.239. The summed E-state index contributed by atoms with van der Waals surface area (Å²) in [6.45, 7) is 2.83. The van der Waals surface area contributed by atoms with Crippen molar-refractivity contribution >= 4 is 17.4 Å². The molecular formula is C11H17ClN4O. The Morgan fingerprint density at radius 3 is 3.12 bits per heavy atom. The molecule has 1 aromatic rings. The lowest BCUT2D eigenvalue weighted by Crippen LogP contribution is -2.50. The predicted octanol–water partition coefficient (Wildman–Crippen LogP) is 1.13. The van der Waals surface area contributed by atoms with Crippen LogP contribution in [0.25, 0.3) is 0 Å². The second-order valence-corrected chi connectivity index (χ2v) is 4.86. The molecule has 1 fully saturated rings. The number of nitrogens with zero attached hydrogens (tertiary/aromatic N) is 2. The summed E-state index contributed by atoms with van der Waals surface area (Å²) in [6.07, 6.45) is 4.64. The Morgan fingerprint density at radius 2 is 2.41 bits per heavy atom. The van der Waals surface area contributed by atoms with Crippen LogP contribution < -0.4 is 16.2 Å². The summed E-state index contributed by atoms with van der Waals surface area (Å²) in [4.78, 5) is 20.2. The largest absolute Gasteiger partial charge is 0.351 e. The lowest BCUT2D eigenvalue weighted by Gasteiger charge is -2.39. The summed E-state index contributed by atoms with van der Waals surface area (Å²) < 4.78 is 0. The van der Waals surface area contributed by atoms with Crippen LogP contribution in [0.3, 0.4) is 0 Å². The van der Waals surface area contributed by atoms with Crippen molar-refractivity contribution in [3.05, 3.63) is 21.7 Å². The summed E-state index contributed by atoms with van der Waals surface area (Å²) in [5.41, 5.74) is 5.68. The highest BCUT2D eigenvalue weighted by Gasteiger charge is 2.28. The molecule has 6 heteroatoms. The number of hydrogen-bond acceptors (Lipinski definition) is 4. The molecule has 94 valence electrons. The van der Waals surface area contributed by atoms with E-state index in [2.05, 4.69) is 14.9 Å². The minimum atomic E-state index is -0.300. The summed E-state index contributed by atoms with van der Waals surface area (Å²) in [7, 11) is 0. The van der Waals surface area contributed by atoms with E-state index in [9.17, 15) is 4.79 Å². The molecule has 2 rings (SSSR count). The van der Waals surface area contributed by atoms with Gasteiger partial charge in [0.25, 0.3) is 5.56 Å². The molecule has 2 heterocycles. The molecule has 1 aromatic heterocycles. The number of anilines is 1. The van der Waals surface area contributed by atoms with Gasteiger partial charge < -0.3 is 15.6 Å². The van der Waals surface area contributed by atoms with Crippen molar-refractivity contribution in [2.45, 2.75) is 38.3 Å². The zero-order valence-electron chi connectivity index (χ0n) is 9.82. The first kappa shape index (κ1) is 12.4. The molecule has 0 radical (unpaired) electrons. The minimum absolute atomic E-state index is 0.0347. The topological polar surface area (TPSA) is 75.0 Å². The van der Waals surface area contributed by atoms with Crippen LogP contribution in [0, 0.1) is 0 Å². The zero-order valence-corrected chi connectivity index (χ0v) is 10.6. The lowest BCUT2D eigenvalue weighted by molar-refractivity contribution is 0.410. The fraction of sp³-hybridized carbons (Fsp3) is 0.636. The van der Waals surface area contributed by atoms with Crippen molar-refractivity contribution in [3.63, 3.8) is 0 Å². The van der Waals surface area contributed by atoms with Gasteiger partial charge in [-0.25, -0.2) is 4.98 Å². The predicted molar refractivity (Wildman–Crippen MR) is 68.5 cm³/mol. The van der Waals surface area contributed by atoms with Gasteiger partial charge in [0, 0.05) is 18.6 Å². The Balaban J connectivity index is 2.36. The summed E-state index contributed by atoms with van der Waals surface area (Å²) in [5, 5.41) is 0.153. The van der Waals surface area contributed by atoms with Crippen molar-refractivity contribution < 1.29 is 0 Å². The third-order valence-corrected chi connectivity index (χ3v) is 3.55. The quantitative estimate of drug-likeness (QED) is 0.832. The number of halogens is 1. The molecule has 0 aromatic carbocycles.